The number of H-pyrrole nitrogens is 2. The molecule has 0 amide bonds. The van der Waals surface area contributed by atoms with Crippen LogP contribution < -0.4 is 0 Å². The van der Waals surface area contributed by atoms with E-state index in [9.17, 15) is 10.1 Å². The second-order valence-corrected chi connectivity index (χ2v) is 6.11. The van der Waals surface area contributed by atoms with Crippen LogP contribution in [0.5, 0.6) is 0 Å². The molecule has 0 bridgehead atoms. The van der Waals surface area contributed by atoms with Crippen LogP contribution >= 0.6 is 0 Å². The summed E-state index contributed by atoms with van der Waals surface area (Å²) < 4.78 is 5.47. The fourth-order valence-electron chi connectivity index (χ4n) is 3.25. The molecule has 136 valence electrons. The number of nitrogens with zero attached hydrogens (tertiary/aromatic N) is 2. The Morgan fingerprint density at radius 3 is 2.70 bits per heavy atom. The molecule has 4 aromatic rings. The first-order chi connectivity index (χ1) is 13.2. The number of hydrogen-bond donors (Lipinski definition) is 2. The Morgan fingerprint density at radius 1 is 1.22 bits per heavy atom. The molecule has 2 aromatic heterocycles. The Morgan fingerprint density at radius 2 is 2.04 bits per heavy atom. The summed E-state index contributed by atoms with van der Waals surface area (Å²) in [5.41, 5.74) is 3.78. The van der Waals surface area contributed by atoms with Crippen molar-refractivity contribution in [3.63, 3.8) is 0 Å². The largest absolute Gasteiger partial charge is 0.377 e. The molecule has 0 aliphatic heterocycles. The van der Waals surface area contributed by atoms with E-state index in [4.69, 9.17) is 4.74 Å². The number of imidazole rings is 1. The molecule has 2 N–H and O–H groups in total. The lowest BCUT2D eigenvalue weighted by Crippen LogP contribution is -1.96. The highest BCUT2D eigenvalue weighted by Gasteiger charge is 2.23. The molecule has 0 unspecified atom stereocenters. The van der Waals surface area contributed by atoms with Gasteiger partial charge in [0.1, 0.15) is 11.3 Å². The van der Waals surface area contributed by atoms with Crippen molar-refractivity contribution in [2.24, 2.45) is 0 Å². The number of benzene rings is 2. The van der Waals surface area contributed by atoms with Gasteiger partial charge in [-0.1, -0.05) is 30.3 Å². The molecule has 0 radical (unpaired) electrons. The molecule has 4 rings (SSSR count). The van der Waals surface area contributed by atoms with Gasteiger partial charge in [-0.25, -0.2) is 4.98 Å². The Kier molecular flexibility index (Phi) is 4.43. The quantitative estimate of drug-likeness (QED) is 0.385. The van der Waals surface area contributed by atoms with Crippen LogP contribution in [0, 0.1) is 10.1 Å². The SMILES string of the molecule is CCOCc1cc([N+](=O)[O-])c2[nH]c(-c3ccccc3)c(-c3ncc[nH]3)c2c1. The molecule has 0 fully saturated rings. The van der Waals surface area contributed by atoms with Gasteiger partial charge in [-0.3, -0.25) is 10.1 Å². The zero-order valence-electron chi connectivity index (χ0n) is 14.7. The van der Waals surface area contributed by atoms with Gasteiger partial charge in [0.25, 0.3) is 5.69 Å². The van der Waals surface area contributed by atoms with E-state index in [0.717, 1.165) is 27.8 Å². The van der Waals surface area contributed by atoms with Gasteiger partial charge >= 0.3 is 0 Å². The van der Waals surface area contributed by atoms with Crippen molar-refractivity contribution in [2.45, 2.75) is 13.5 Å². The molecular formula is C20H18N4O3. The van der Waals surface area contributed by atoms with Crippen LogP contribution in [-0.4, -0.2) is 26.5 Å². The van der Waals surface area contributed by atoms with Gasteiger partial charge in [0.2, 0.25) is 0 Å². The lowest BCUT2D eigenvalue weighted by atomic mass is 10.0. The maximum Gasteiger partial charge on any atom is 0.293 e. The average Bonchev–Trinajstić information content (AvgIpc) is 3.33. The first-order valence-electron chi connectivity index (χ1n) is 8.65. The monoisotopic (exact) mass is 362 g/mol. The first-order valence-corrected chi connectivity index (χ1v) is 8.65. The summed E-state index contributed by atoms with van der Waals surface area (Å²) >= 11 is 0. The lowest BCUT2D eigenvalue weighted by Gasteiger charge is -2.05. The van der Waals surface area contributed by atoms with Crippen molar-refractivity contribution in [1.82, 2.24) is 15.0 Å². The summed E-state index contributed by atoms with van der Waals surface area (Å²) in [5.74, 6) is 0.656. The van der Waals surface area contributed by atoms with Crippen LogP contribution in [-0.2, 0) is 11.3 Å². The van der Waals surface area contributed by atoms with E-state index in [0.29, 0.717) is 24.6 Å². The highest BCUT2D eigenvalue weighted by atomic mass is 16.6. The zero-order valence-corrected chi connectivity index (χ0v) is 14.7. The Hall–Kier alpha value is -3.45. The molecule has 2 aromatic carbocycles. The predicted molar refractivity (Wildman–Crippen MR) is 103 cm³/mol. The van der Waals surface area contributed by atoms with Gasteiger partial charge in [0.15, 0.2) is 0 Å². The molecule has 0 aliphatic rings. The van der Waals surface area contributed by atoms with Crippen LogP contribution in [0.3, 0.4) is 0 Å². The molecule has 0 atom stereocenters. The summed E-state index contributed by atoms with van der Waals surface area (Å²) in [7, 11) is 0. The first kappa shape index (κ1) is 17.0. The van der Waals surface area contributed by atoms with E-state index in [1.807, 2.05) is 43.3 Å². The number of hydrogen-bond acceptors (Lipinski definition) is 4. The van der Waals surface area contributed by atoms with Crippen molar-refractivity contribution >= 4 is 16.6 Å². The van der Waals surface area contributed by atoms with Crippen LogP contribution in [0.25, 0.3) is 33.5 Å². The summed E-state index contributed by atoms with van der Waals surface area (Å²) in [6, 6.07) is 13.2. The van der Waals surface area contributed by atoms with Crippen LogP contribution in [0.4, 0.5) is 5.69 Å². The van der Waals surface area contributed by atoms with Crippen molar-refractivity contribution in [2.75, 3.05) is 6.61 Å². The minimum atomic E-state index is -0.366. The highest BCUT2D eigenvalue weighted by Crippen LogP contribution is 2.40. The summed E-state index contributed by atoms with van der Waals surface area (Å²) in [5, 5.41) is 12.4. The van der Waals surface area contributed by atoms with E-state index in [1.165, 1.54) is 0 Å². The fraction of sp³-hybridized carbons (Fsp3) is 0.150. The lowest BCUT2D eigenvalue weighted by molar-refractivity contribution is -0.383. The van der Waals surface area contributed by atoms with E-state index >= 15 is 0 Å². The molecule has 0 spiro atoms. The van der Waals surface area contributed by atoms with Gasteiger partial charge in [-0.05, 0) is 24.1 Å². The molecule has 7 heteroatoms. The third kappa shape index (κ3) is 3.09. The van der Waals surface area contributed by atoms with Crippen LogP contribution in [0.2, 0.25) is 0 Å². The zero-order chi connectivity index (χ0) is 18.8. The smallest absolute Gasteiger partial charge is 0.293 e. The van der Waals surface area contributed by atoms with E-state index in [2.05, 4.69) is 15.0 Å². The fourth-order valence-corrected chi connectivity index (χ4v) is 3.25. The van der Waals surface area contributed by atoms with Gasteiger partial charge in [-0.2, -0.15) is 0 Å². The van der Waals surface area contributed by atoms with Gasteiger partial charge in [0.05, 0.1) is 22.8 Å². The number of fused-ring (bicyclic) bond motifs is 1. The van der Waals surface area contributed by atoms with E-state index < -0.39 is 0 Å². The van der Waals surface area contributed by atoms with Crippen molar-refractivity contribution in [1.29, 1.82) is 0 Å². The normalized spacial score (nSPS) is 11.1. The molecular weight excluding hydrogens is 344 g/mol. The Balaban J connectivity index is 2.05. The van der Waals surface area contributed by atoms with Gasteiger partial charge in [-0.15, -0.1) is 0 Å². The number of aromatic amines is 2. The average molecular weight is 362 g/mol. The number of rotatable bonds is 6. The second kappa shape index (κ2) is 7.05. The van der Waals surface area contributed by atoms with Crippen molar-refractivity contribution in [3.05, 3.63) is 70.5 Å². The van der Waals surface area contributed by atoms with Gasteiger partial charge in [0, 0.05) is 30.5 Å². The number of nitro groups is 1. The van der Waals surface area contributed by atoms with Crippen molar-refractivity contribution < 1.29 is 9.66 Å². The Bertz CT molecular complexity index is 1090. The highest BCUT2D eigenvalue weighted by molar-refractivity contribution is 6.05. The van der Waals surface area contributed by atoms with Gasteiger partial charge < -0.3 is 14.7 Å². The van der Waals surface area contributed by atoms with E-state index in [1.54, 1.807) is 18.5 Å². The molecule has 27 heavy (non-hydrogen) atoms. The standard InChI is InChI=1S/C20H18N4O3/c1-2-27-12-13-10-15-17(20-21-8-9-22-20)18(14-6-4-3-5-7-14)23-19(15)16(11-13)24(25)26/h3-11,23H,2,12H2,1H3,(H,21,22). The predicted octanol–water partition coefficient (Wildman–Crippen LogP) is 4.67. The topological polar surface area (TPSA) is 96.8 Å². The number of aromatic nitrogens is 3. The minimum absolute atomic E-state index is 0.0252. The van der Waals surface area contributed by atoms with Crippen LogP contribution in [0.1, 0.15) is 12.5 Å². The molecule has 0 saturated heterocycles. The maximum atomic E-state index is 11.7. The van der Waals surface area contributed by atoms with E-state index in [-0.39, 0.29) is 10.6 Å². The number of nitrogens with one attached hydrogen (secondary N) is 2. The molecule has 2 heterocycles. The summed E-state index contributed by atoms with van der Waals surface area (Å²) in [6.45, 7) is 2.75. The summed E-state index contributed by atoms with van der Waals surface area (Å²) in [4.78, 5) is 22.1. The molecule has 0 saturated carbocycles. The summed E-state index contributed by atoms with van der Waals surface area (Å²) in [6.07, 6.45) is 3.41. The molecule has 7 nitrogen and oxygen atoms in total. The number of nitro benzene ring substituents is 1. The minimum Gasteiger partial charge on any atom is -0.377 e. The number of ether oxygens (including phenoxy) is 1. The third-order valence-electron chi connectivity index (χ3n) is 4.41. The maximum absolute atomic E-state index is 11.7. The number of non-ortho nitro benzene ring substituents is 1. The Labute approximate surface area is 155 Å². The van der Waals surface area contributed by atoms with Crippen molar-refractivity contribution in [3.8, 4) is 22.6 Å². The molecule has 0 aliphatic carbocycles. The third-order valence-corrected chi connectivity index (χ3v) is 4.41. The second-order valence-electron chi connectivity index (χ2n) is 6.11. The van der Waals surface area contributed by atoms with Crippen LogP contribution in [0.15, 0.2) is 54.9 Å².